The molecule has 0 atom stereocenters. The van der Waals surface area contributed by atoms with Crippen LogP contribution >= 0.6 is 0 Å². The minimum Gasteiger partial charge on any atom is -0.459 e. The van der Waals surface area contributed by atoms with Crippen molar-refractivity contribution in [2.75, 3.05) is 10.6 Å². The molecule has 0 unspecified atom stereocenters. The molecule has 3 aromatic rings. The van der Waals surface area contributed by atoms with E-state index in [1.807, 2.05) is 24.3 Å². The van der Waals surface area contributed by atoms with Crippen LogP contribution in [0.3, 0.4) is 0 Å². The van der Waals surface area contributed by atoms with Gasteiger partial charge in [0, 0.05) is 36.4 Å². The van der Waals surface area contributed by atoms with Crippen molar-refractivity contribution in [1.82, 2.24) is 9.97 Å². The number of rotatable bonds is 7. The van der Waals surface area contributed by atoms with Crippen molar-refractivity contribution < 1.29 is 14.3 Å². The summed E-state index contributed by atoms with van der Waals surface area (Å²) in [4.78, 5) is 33.0. The molecule has 0 spiro atoms. The fourth-order valence-corrected chi connectivity index (χ4v) is 3.71. The zero-order valence-electron chi connectivity index (χ0n) is 17.8. The summed E-state index contributed by atoms with van der Waals surface area (Å²) < 4.78 is 5.65. The number of hydrogen-bond donors (Lipinski definition) is 2. The summed E-state index contributed by atoms with van der Waals surface area (Å²) in [7, 11) is 0. The van der Waals surface area contributed by atoms with Gasteiger partial charge in [0.05, 0.1) is 5.56 Å². The Morgan fingerprint density at radius 2 is 1.72 bits per heavy atom. The van der Waals surface area contributed by atoms with Crippen molar-refractivity contribution in [3.8, 4) is 0 Å². The van der Waals surface area contributed by atoms with E-state index in [0.29, 0.717) is 29.2 Å². The Kier molecular flexibility index (Phi) is 7.07. The highest BCUT2D eigenvalue weighted by Crippen LogP contribution is 2.22. The van der Waals surface area contributed by atoms with Crippen molar-refractivity contribution in [3.63, 3.8) is 0 Å². The number of esters is 1. The topological polar surface area (TPSA) is 93.2 Å². The van der Waals surface area contributed by atoms with Crippen LogP contribution in [0.5, 0.6) is 0 Å². The first-order valence-electron chi connectivity index (χ1n) is 10.9. The van der Waals surface area contributed by atoms with Gasteiger partial charge >= 0.3 is 5.97 Å². The molecule has 2 heterocycles. The van der Waals surface area contributed by atoms with Crippen LogP contribution in [0.25, 0.3) is 0 Å². The van der Waals surface area contributed by atoms with Crippen molar-refractivity contribution in [3.05, 3.63) is 83.8 Å². The molecule has 1 fully saturated rings. The van der Waals surface area contributed by atoms with Gasteiger partial charge < -0.3 is 15.4 Å². The molecule has 1 aliphatic carbocycles. The molecule has 7 heteroatoms. The van der Waals surface area contributed by atoms with E-state index in [1.54, 1.807) is 42.9 Å². The van der Waals surface area contributed by atoms with E-state index in [4.69, 9.17) is 4.74 Å². The fraction of sp³-hybridized carbons (Fsp3) is 0.280. The SMILES string of the molecule is O=C(Nc1cccc(CNc2cc(C(=O)OC3CCCCC3)ccn2)c1)c1ccncc1. The molecule has 0 saturated heterocycles. The third-order valence-electron chi connectivity index (χ3n) is 5.42. The number of carbonyl (C=O) groups is 2. The van der Waals surface area contributed by atoms with Crippen molar-refractivity contribution in [1.29, 1.82) is 0 Å². The molecule has 0 bridgehead atoms. The van der Waals surface area contributed by atoms with Gasteiger partial charge in [0.2, 0.25) is 0 Å². The molecule has 164 valence electrons. The summed E-state index contributed by atoms with van der Waals surface area (Å²) in [5.74, 6) is 0.0980. The predicted octanol–water partition coefficient (Wildman–Crippen LogP) is 4.83. The first kappa shape index (κ1) is 21.5. The molecule has 2 aromatic heterocycles. The maximum atomic E-state index is 12.5. The smallest absolute Gasteiger partial charge is 0.338 e. The van der Waals surface area contributed by atoms with Crippen LogP contribution in [0.4, 0.5) is 11.5 Å². The number of benzene rings is 1. The Balaban J connectivity index is 1.34. The predicted molar refractivity (Wildman–Crippen MR) is 122 cm³/mol. The number of amides is 1. The number of carbonyl (C=O) groups excluding carboxylic acids is 2. The van der Waals surface area contributed by atoms with E-state index >= 15 is 0 Å². The monoisotopic (exact) mass is 430 g/mol. The minimum absolute atomic E-state index is 0.0194. The highest BCUT2D eigenvalue weighted by molar-refractivity contribution is 6.04. The lowest BCUT2D eigenvalue weighted by molar-refractivity contribution is 0.0211. The lowest BCUT2D eigenvalue weighted by atomic mass is 9.98. The normalized spacial score (nSPS) is 13.9. The second-order valence-corrected chi connectivity index (χ2v) is 7.84. The summed E-state index contributed by atoms with van der Waals surface area (Å²) in [5, 5.41) is 6.12. The number of ether oxygens (including phenoxy) is 1. The zero-order valence-corrected chi connectivity index (χ0v) is 17.8. The lowest BCUT2D eigenvalue weighted by Crippen LogP contribution is -2.21. The van der Waals surface area contributed by atoms with Crippen LogP contribution in [0.1, 0.15) is 58.4 Å². The average Bonchev–Trinajstić information content (AvgIpc) is 2.84. The van der Waals surface area contributed by atoms with Gasteiger partial charge in [-0.25, -0.2) is 9.78 Å². The molecule has 4 rings (SSSR count). The van der Waals surface area contributed by atoms with E-state index in [1.165, 1.54) is 6.42 Å². The number of anilines is 2. The molecular weight excluding hydrogens is 404 g/mol. The summed E-state index contributed by atoms with van der Waals surface area (Å²) in [6.45, 7) is 0.493. The van der Waals surface area contributed by atoms with Crippen LogP contribution in [0, 0.1) is 0 Å². The van der Waals surface area contributed by atoms with Gasteiger partial charge in [-0.15, -0.1) is 0 Å². The minimum atomic E-state index is -0.303. The van der Waals surface area contributed by atoms with Gasteiger partial charge in [-0.3, -0.25) is 9.78 Å². The maximum absolute atomic E-state index is 12.5. The maximum Gasteiger partial charge on any atom is 0.338 e. The van der Waals surface area contributed by atoms with E-state index < -0.39 is 0 Å². The Morgan fingerprint density at radius 3 is 2.53 bits per heavy atom. The first-order chi connectivity index (χ1) is 15.7. The summed E-state index contributed by atoms with van der Waals surface area (Å²) in [5.41, 5.74) is 2.70. The average molecular weight is 431 g/mol. The Hall–Kier alpha value is -3.74. The van der Waals surface area contributed by atoms with Crippen molar-refractivity contribution in [2.24, 2.45) is 0 Å². The molecule has 1 aliphatic rings. The van der Waals surface area contributed by atoms with E-state index in [0.717, 1.165) is 31.2 Å². The number of nitrogens with one attached hydrogen (secondary N) is 2. The second-order valence-electron chi connectivity index (χ2n) is 7.84. The van der Waals surface area contributed by atoms with E-state index in [2.05, 4.69) is 20.6 Å². The summed E-state index contributed by atoms with van der Waals surface area (Å²) >= 11 is 0. The third-order valence-corrected chi connectivity index (χ3v) is 5.42. The van der Waals surface area contributed by atoms with Crippen LogP contribution in [0.2, 0.25) is 0 Å². The Morgan fingerprint density at radius 1 is 0.938 bits per heavy atom. The number of pyridine rings is 2. The molecule has 0 radical (unpaired) electrons. The van der Waals surface area contributed by atoms with Crippen LogP contribution in [-0.2, 0) is 11.3 Å². The van der Waals surface area contributed by atoms with Gasteiger partial charge in [-0.2, -0.15) is 0 Å². The Labute approximate surface area is 187 Å². The van der Waals surface area contributed by atoms with E-state index in [9.17, 15) is 9.59 Å². The number of aromatic nitrogens is 2. The molecule has 0 aliphatic heterocycles. The summed E-state index contributed by atoms with van der Waals surface area (Å²) in [6.07, 6.45) is 10.1. The molecule has 1 amide bonds. The highest BCUT2D eigenvalue weighted by atomic mass is 16.5. The van der Waals surface area contributed by atoms with Gasteiger partial charge in [-0.1, -0.05) is 18.6 Å². The quantitative estimate of drug-likeness (QED) is 0.522. The number of hydrogen-bond acceptors (Lipinski definition) is 6. The third kappa shape index (κ3) is 5.91. The lowest BCUT2D eigenvalue weighted by Gasteiger charge is -2.21. The summed E-state index contributed by atoms with van der Waals surface area (Å²) in [6, 6.07) is 14.3. The second kappa shape index (κ2) is 10.5. The largest absolute Gasteiger partial charge is 0.459 e. The van der Waals surface area contributed by atoms with Crippen LogP contribution < -0.4 is 10.6 Å². The van der Waals surface area contributed by atoms with Crippen LogP contribution in [-0.4, -0.2) is 27.9 Å². The zero-order chi connectivity index (χ0) is 22.2. The van der Waals surface area contributed by atoms with Gasteiger partial charge in [0.1, 0.15) is 11.9 Å². The molecule has 7 nitrogen and oxygen atoms in total. The molecule has 1 aromatic carbocycles. The first-order valence-corrected chi connectivity index (χ1v) is 10.9. The van der Waals surface area contributed by atoms with Crippen molar-refractivity contribution in [2.45, 2.75) is 44.8 Å². The number of nitrogens with zero attached hydrogens (tertiary/aromatic N) is 2. The molecule has 2 N–H and O–H groups in total. The standard InChI is InChI=1S/C25H26N4O3/c30-24(19-9-12-26-13-10-19)29-21-6-4-5-18(15-21)17-28-23-16-20(11-14-27-23)25(31)32-22-7-2-1-3-8-22/h4-6,9-16,22H,1-3,7-8,17H2,(H,27,28)(H,29,30). The van der Waals surface area contributed by atoms with Gasteiger partial charge in [-0.05, 0) is 67.6 Å². The fourth-order valence-electron chi connectivity index (χ4n) is 3.71. The Bertz CT molecular complexity index is 1070. The van der Waals surface area contributed by atoms with Crippen molar-refractivity contribution >= 4 is 23.4 Å². The highest BCUT2D eigenvalue weighted by Gasteiger charge is 2.19. The van der Waals surface area contributed by atoms with E-state index in [-0.39, 0.29) is 18.0 Å². The van der Waals surface area contributed by atoms with Gasteiger partial charge in [0.25, 0.3) is 5.91 Å². The van der Waals surface area contributed by atoms with Gasteiger partial charge in [0.15, 0.2) is 0 Å². The molecule has 32 heavy (non-hydrogen) atoms. The molecular formula is C25H26N4O3. The van der Waals surface area contributed by atoms with Crippen LogP contribution in [0.15, 0.2) is 67.1 Å². The molecule has 1 saturated carbocycles.